The summed E-state index contributed by atoms with van der Waals surface area (Å²) in [7, 11) is 0. The van der Waals surface area contributed by atoms with Crippen LogP contribution < -0.4 is 5.32 Å². The summed E-state index contributed by atoms with van der Waals surface area (Å²) in [5, 5.41) is 3.18. The Balaban J connectivity index is 1.63. The van der Waals surface area contributed by atoms with E-state index in [0.29, 0.717) is 23.5 Å². The number of fused-ring (bicyclic) bond motifs is 1. The van der Waals surface area contributed by atoms with Crippen LogP contribution in [0.2, 0.25) is 0 Å². The lowest BCUT2D eigenvalue weighted by atomic mass is 10.1. The number of aryl methyl sites for hydroxylation is 2. The maximum Gasteiger partial charge on any atom is 0.226 e. The van der Waals surface area contributed by atoms with Crippen molar-refractivity contribution in [3.63, 3.8) is 0 Å². The summed E-state index contributed by atoms with van der Waals surface area (Å²) in [6, 6.07) is 12.9. The van der Waals surface area contributed by atoms with Gasteiger partial charge in [-0.2, -0.15) is 0 Å². The van der Waals surface area contributed by atoms with Gasteiger partial charge < -0.3 is 5.32 Å². The predicted octanol–water partition coefficient (Wildman–Crippen LogP) is 4.32. The number of nitrogens with one attached hydrogen (secondary N) is 1. The molecule has 0 fully saturated rings. The third kappa shape index (κ3) is 3.31. The Morgan fingerprint density at radius 2 is 2.00 bits per heavy atom. The van der Waals surface area contributed by atoms with Crippen molar-refractivity contribution in [1.29, 1.82) is 0 Å². The normalized spacial score (nSPS) is 10.8. The maximum atomic E-state index is 13.6. The summed E-state index contributed by atoms with van der Waals surface area (Å²) in [6.45, 7) is 2.03. The predicted molar refractivity (Wildman–Crippen MR) is 87.7 cm³/mol. The van der Waals surface area contributed by atoms with Gasteiger partial charge in [-0.05, 0) is 31.0 Å². The van der Waals surface area contributed by atoms with Gasteiger partial charge in [0, 0.05) is 6.42 Å². The van der Waals surface area contributed by atoms with E-state index >= 15 is 0 Å². The van der Waals surface area contributed by atoms with E-state index in [1.54, 1.807) is 12.1 Å². The number of halogens is 1. The van der Waals surface area contributed by atoms with E-state index in [0.717, 1.165) is 10.3 Å². The quantitative estimate of drug-likeness (QED) is 0.779. The molecular weight excluding hydrogens is 299 g/mol. The SMILES string of the molecule is Cc1ccc(CCC(=O)Nc2nc3c(F)cccc3s2)cc1. The lowest BCUT2D eigenvalue weighted by Gasteiger charge is -2.02. The molecule has 22 heavy (non-hydrogen) atoms. The fraction of sp³-hybridized carbons (Fsp3) is 0.176. The van der Waals surface area contributed by atoms with E-state index in [1.165, 1.54) is 23.0 Å². The monoisotopic (exact) mass is 314 g/mol. The van der Waals surface area contributed by atoms with Crippen LogP contribution in [-0.4, -0.2) is 10.9 Å². The Morgan fingerprint density at radius 1 is 1.23 bits per heavy atom. The number of carbonyl (C=O) groups is 1. The van der Waals surface area contributed by atoms with Gasteiger partial charge in [-0.25, -0.2) is 9.37 Å². The highest BCUT2D eigenvalue weighted by atomic mass is 32.1. The molecule has 0 saturated heterocycles. The molecule has 1 amide bonds. The van der Waals surface area contributed by atoms with Crippen molar-refractivity contribution in [2.24, 2.45) is 0 Å². The van der Waals surface area contributed by atoms with Crippen LogP contribution in [0.5, 0.6) is 0 Å². The van der Waals surface area contributed by atoms with Crippen molar-refractivity contribution in [1.82, 2.24) is 4.98 Å². The van der Waals surface area contributed by atoms with Crippen LogP contribution in [0, 0.1) is 12.7 Å². The van der Waals surface area contributed by atoms with Crippen molar-refractivity contribution >= 4 is 32.6 Å². The number of para-hydroxylation sites is 1. The zero-order chi connectivity index (χ0) is 15.5. The van der Waals surface area contributed by atoms with E-state index in [1.807, 2.05) is 31.2 Å². The van der Waals surface area contributed by atoms with Crippen LogP contribution >= 0.6 is 11.3 Å². The van der Waals surface area contributed by atoms with E-state index in [-0.39, 0.29) is 11.7 Å². The van der Waals surface area contributed by atoms with Crippen LogP contribution in [-0.2, 0) is 11.2 Å². The van der Waals surface area contributed by atoms with E-state index in [9.17, 15) is 9.18 Å². The van der Waals surface area contributed by atoms with E-state index < -0.39 is 0 Å². The molecule has 3 nitrogen and oxygen atoms in total. The molecule has 1 aromatic heterocycles. The molecule has 3 aromatic rings. The van der Waals surface area contributed by atoms with Gasteiger partial charge in [0.25, 0.3) is 0 Å². The molecule has 0 aliphatic carbocycles. The lowest BCUT2D eigenvalue weighted by Crippen LogP contribution is -2.12. The Kier molecular flexibility index (Phi) is 4.15. The highest BCUT2D eigenvalue weighted by molar-refractivity contribution is 7.22. The van der Waals surface area contributed by atoms with Gasteiger partial charge in [-0.15, -0.1) is 0 Å². The van der Waals surface area contributed by atoms with Crippen molar-refractivity contribution in [3.05, 3.63) is 59.4 Å². The Bertz CT molecular complexity index is 811. The Hall–Kier alpha value is -2.27. The zero-order valence-electron chi connectivity index (χ0n) is 12.1. The first-order valence-corrected chi connectivity index (χ1v) is 7.84. The number of benzene rings is 2. The standard InChI is InChI=1S/C17H15FN2OS/c1-11-5-7-12(8-6-11)9-10-15(21)19-17-20-16-13(18)3-2-4-14(16)22-17/h2-8H,9-10H2,1H3,(H,19,20,21). The molecule has 0 spiro atoms. The molecule has 0 aliphatic rings. The fourth-order valence-electron chi connectivity index (χ4n) is 2.16. The van der Waals surface area contributed by atoms with Gasteiger partial charge >= 0.3 is 0 Å². The Labute approximate surface area is 131 Å². The van der Waals surface area contributed by atoms with Gasteiger partial charge in [-0.1, -0.05) is 47.2 Å². The van der Waals surface area contributed by atoms with Gasteiger partial charge in [0.15, 0.2) is 5.13 Å². The average Bonchev–Trinajstić information content (AvgIpc) is 2.90. The topological polar surface area (TPSA) is 42.0 Å². The van der Waals surface area contributed by atoms with Gasteiger partial charge in [-0.3, -0.25) is 4.79 Å². The number of anilines is 1. The van der Waals surface area contributed by atoms with Crippen molar-refractivity contribution < 1.29 is 9.18 Å². The molecule has 1 N–H and O–H groups in total. The summed E-state index contributed by atoms with van der Waals surface area (Å²) < 4.78 is 14.3. The first kappa shape index (κ1) is 14.7. The maximum absolute atomic E-state index is 13.6. The summed E-state index contributed by atoms with van der Waals surface area (Å²) >= 11 is 1.28. The second-order valence-corrected chi connectivity index (χ2v) is 6.17. The molecular formula is C17H15FN2OS. The Morgan fingerprint density at radius 3 is 2.73 bits per heavy atom. The molecule has 0 atom stereocenters. The average molecular weight is 314 g/mol. The van der Waals surface area contributed by atoms with Gasteiger partial charge in [0.1, 0.15) is 11.3 Å². The number of aromatic nitrogens is 1. The molecule has 2 aromatic carbocycles. The minimum atomic E-state index is -0.367. The minimum Gasteiger partial charge on any atom is -0.302 e. The number of amides is 1. The largest absolute Gasteiger partial charge is 0.302 e. The molecule has 0 bridgehead atoms. The third-order valence-corrected chi connectivity index (χ3v) is 4.31. The molecule has 0 unspecified atom stereocenters. The molecule has 0 aliphatic heterocycles. The van der Waals surface area contributed by atoms with Crippen LogP contribution in [0.4, 0.5) is 9.52 Å². The zero-order valence-corrected chi connectivity index (χ0v) is 12.9. The molecule has 1 heterocycles. The molecule has 0 saturated carbocycles. The molecule has 3 rings (SSSR count). The number of hydrogen-bond donors (Lipinski definition) is 1. The van der Waals surface area contributed by atoms with Crippen molar-refractivity contribution in [2.45, 2.75) is 19.8 Å². The van der Waals surface area contributed by atoms with E-state index in [2.05, 4.69) is 10.3 Å². The first-order valence-electron chi connectivity index (χ1n) is 7.02. The van der Waals surface area contributed by atoms with Crippen LogP contribution in [0.25, 0.3) is 10.2 Å². The first-order chi connectivity index (χ1) is 10.6. The molecule has 5 heteroatoms. The second kappa shape index (κ2) is 6.23. The number of nitrogens with zero attached hydrogens (tertiary/aromatic N) is 1. The van der Waals surface area contributed by atoms with Gasteiger partial charge in [0.2, 0.25) is 5.91 Å². The summed E-state index contributed by atoms with van der Waals surface area (Å²) in [5.41, 5.74) is 2.63. The number of hydrogen-bond acceptors (Lipinski definition) is 3. The number of rotatable bonds is 4. The third-order valence-electron chi connectivity index (χ3n) is 3.38. The second-order valence-electron chi connectivity index (χ2n) is 5.14. The lowest BCUT2D eigenvalue weighted by molar-refractivity contribution is -0.116. The molecule has 0 radical (unpaired) electrons. The van der Waals surface area contributed by atoms with E-state index in [4.69, 9.17) is 0 Å². The number of carbonyl (C=O) groups excluding carboxylic acids is 1. The smallest absolute Gasteiger partial charge is 0.226 e. The number of thiazole rings is 1. The van der Waals surface area contributed by atoms with Crippen molar-refractivity contribution in [2.75, 3.05) is 5.32 Å². The minimum absolute atomic E-state index is 0.111. The van der Waals surface area contributed by atoms with Crippen molar-refractivity contribution in [3.8, 4) is 0 Å². The van der Waals surface area contributed by atoms with Gasteiger partial charge in [0.05, 0.1) is 4.70 Å². The summed E-state index contributed by atoms with van der Waals surface area (Å²) in [5.74, 6) is -0.478. The highest BCUT2D eigenvalue weighted by Gasteiger charge is 2.10. The summed E-state index contributed by atoms with van der Waals surface area (Å²) in [4.78, 5) is 16.1. The van der Waals surface area contributed by atoms with Crippen LogP contribution in [0.15, 0.2) is 42.5 Å². The fourth-order valence-corrected chi connectivity index (χ4v) is 3.06. The van der Waals surface area contributed by atoms with Crippen LogP contribution in [0.3, 0.4) is 0 Å². The summed E-state index contributed by atoms with van der Waals surface area (Å²) in [6.07, 6.45) is 1.05. The highest BCUT2D eigenvalue weighted by Crippen LogP contribution is 2.27. The molecule has 112 valence electrons. The van der Waals surface area contributed by atoms with Crippen LogP contribution in [0.1, 0.15) is 17.5 Å².